The highest BCUT2D eigenvalue weighted by Gasteiger charge is 2.16. The Morgan fingerprint density at radius 3 is 2.13 bits per heavy atom. The van der Waals surface area contributed by atoms with Crippen molar-refractivity contribution in [2.24, 2.45) is 0 Å². The SMILES string of the molecule is CCN(CC)c1ccc2c(C(C)C)c(/C=C/c3ccc(N(C)C)cc3)c(=O)oc2c1. The molecule has 0 fully saturated rings. The number of rotatable bonds is 7. The lowest BCUT2D eigenvalue weighted by atomic mass is 9.94. The summed E-state index contributed by atoms with van der Waals surface area (Å²) in [5.74, 6) is 0.201. The lowest BCUT2D eigenvalue weighted by Gasteiger charge is -2.21. The Morgan fingerprint density at radius 2 is 1.57 bits per heavy atom. The highest BCUT2D eigenvalue weighted by Crippen LogP contribution is 2.31. The van der Waals surface area contributed by atoms with Crippen LogP contribution in [0.25, 0.3) is 23.1 Å². The van der Waals surface area contributed by atoms with E-state index in [1.165, 1.54) is 0 Å². The molecule has 3 rings (SSSR count). The fourth-order valence-electron chi connectivity index (χ4n) is 3.86. The highest BCUT2D eigenvalue weighted by molar-refractivity contribution is 5.88. The fourth-order valence-corrected chi connectivity index (χ4v) is 3.86. The largest absolute Gasteiger partial charge is 0.422 e. The van der Waals surface area contributed by atoms with Crippen LogP contribution in [0, 0.1) is 0 Å². The van der Waals surface area contributed by atoms with Crippen molar-refractivity contribution < 1.29 is 4.42 Å². The zero-order chi connectivity index (χ0) is 21.8. The Balaban J connectivity index is 2.08. The maximum Gasteiger partial charge on any atom is 0.343 e. The van der Waals surface area contributed by atoms with Crippen molar-refractivity contribution in [3.63, 3.8) is 0 Å². The summed E-state index contributed by atoms with van der Waals surface area (Å²) in [7, 11) is 4.04. The second-order valence-electron chi connectivity index (χ2n) is 8.04. The van der Waals surface area contributed by atoms with Gasteiger partial charge in [0.1, 0.15) is 5.58 Å². The molecule has 158 valence electrons. The molecule has 0 N–H and O–H groups in total. The van der Waals surface area contributed by atoms with Gasteiger partial charge in [-0.05, 0) is 61.2 Å². The summed E-state index contributed by atoms with van der Waals surface area (Å²) < 4.78 is 5.76. The quantitative estimate of drug-likeness (QED) is 0.453. The van der Waals surface area contributed by atoms with Crippen molar-refractivity contribution >= 4 is 34.5 Å². The van der Waals surface area contributed by atoms with Gasteiger partial charge in [-0.3, -0.25) is 0 Å². The summed E-state index contributed by atoms with van der Waals surface area (Å²) in [6.45, 7) is 10.3. The molecule has 0 aliphatic carbocycles. The molecule has 0 unspecified atom stereocenters. The minimum atomic E-state index is -0.288. The minimum absolute atomic E-state index is 0.201. The van der Waals surface area contributed by atoms with Gasteiger partial charge in [-0.25, -0.2) is 4.79 Å². The number of fused-ring (bicyclic) bond motifs is 1. The molecule has 0 bridgehead atoms. The van der Waals surface area contributed by atoms with Gasteiger partial charge in [0.25, 0.3) is 0 Å². The predicted octanol–water partition coefficient (Wildman–Crippen LogP) is 6.00. The molecule has 1 heterocycles. The molecule has 0 aliphatic rings. The van der Waals surface area contributed by atoms with E-state index < -0.39 is 0 Å². The topological polar surface area (TPSA) is 36.7 Å². The van der Waals surface area contributed by atoms with E-state index in [9.17, 15) is 4.79 Å². The molecule has 1 aromatic heterocycles. The van der Waals surface area contributed by atoms with Crippen molar-refractivity contribution in [3.05, 3.63) is 69.6 Å². The van der Waals surface area contributed by atoms with E-state index in [0.29, 0.717) is 11.1 Å². The van der Waals surface area contributed by atoms with Crippen molar-refractivity contribution in [3.8, 4) is 0 Å². The lowest BCUT2D eigenvalue weighted by molar-refractivity contribution is 0.555. The van der Waals surface area contributed by atoms with Crippen molar-refractivity contribution in [2.75, 3.05) is 37.0 Å². The maximum atomic E-state index is 12.9. The van der Waals surface area contributed by atoms with Crippen LogP contribution in [-0.2, 0) is 0 Å². The molecule has 0 saturated carbocycles. The van der Waals surface area contributed by atoms with Gasteiger partial charge >= 0.3 is 5.63 Å². The molecule has 0 spiro atoms. The molecule has 4 heteroatoms. The van der Waals surface area contributed by atoms with Crippen molar-refractivity contribution in [2.45, 2.75) is 33.6 Å². The third kappa shape index (κ3) is 4.43. The molecule has 0 amide bonds. The lowest BCUT2D eigenvalue weighted by Crippen LogP contribution is -2.21. The molecular formula is C26H32N2O2. The van der Waals surface area contributed by atoms with Gasteiger partial charge < -0.3 is 14.2 Å². The third-order valence-corrected chi connectivity index (χ3v) is 5.53. The van der Waals surface area contributed by atoms with Crippen LogP contribution >= 0.6 is 0 Å². The number of benzene rings is 2. The van der Waals surface area contributed by atoms with E-state index in [1.807, 2.05) is 32.3 Å². The van der Waals surface area contributed by atoms with E-state index in [0.717, 1.165) is 41.0 Å². The maximum absolute atomic E-state index is 12.9. The molecule has 0 atom stereocenters. The Hall–Kier alpha value is -3.01. The van der Waals surface area contributed by atoms with E-state index in [1.54, 1.807) is 0 Å². The average molecular weight is 405 g/mol. The standard InChI is InChI=1S/C26H32N2O2/c1-7-28(8-2)21-14-16-22-24(17-21)30-26(29)23(25(22)18(3)4)15-11-19-9-12-20(13-10-19)27(5)6/h9-18H,7-8H2,1-6H3/b15-11+. The molecule has 0 aliphatic heterocycles. The fraction of sp³-hybridized carbons (Fsp3) is 0.346. The monoisotopic (exact) mass is 404 g/mol. The Morgan fingerprint density at radius 1 is 0.933 bits per heavy atom. The molecule has 2 aromatic carbocycles. The van der Waals surface area contributed by atoms with Crippen molar-refractivity contribution in [1.29, 1.82) is 0 Å². The van der Waals surface area contributed by atoms with Gasteiger partial charge in [-0.1, -0.05) is 32.1 Å². The van der Waals surface area contributed by atoms with Gasteiger partial charge in [-0.2, -0.15) is 0 Å². The molecular weight excluding hydrogens is 372 g/mol. The number of hydrogen-bond acceptors (Lipinski definition) is 4. The summed E-state index contributed by atoms with van der Waals surface area (Å²) in [5.41, 5.74) is 5.30. The van der Waals surface area contributed by atoms with E-state index in [2.05, 4.69) is 73.9 Å². The molecule has 30 heavy (non-hydrogen) atoms. The van der Waals surface area contributed by atoms with Gasteiger partial charge in [0.2, 0.25) is 0 Å². The first kappa shape index (κ1) is 21.7. The average Bonchev–Trinajstić information content (AvgIpc) is 2.72. The first-order chi connectivity index (χ1) is 14.3. The Bertz CT molecular complexity index is 1090. The van der Waals surface area contributed by atoms with Crippen LogP contribution in [0.4, 0.5) is 11.4 Å². The van der Waals surface area contributed by atoms with Gasteiger partial charge in [-0.15, -0.1) is 0 Å². The summed E-state index contributed by atoms with van der Waals surface area (Å²) in [6.07, 6.45) is 3.87. The Kier molecular flexibility index (Phi) is 6.66. The normalized spacial score (nSPS) is 11.6. The van der Waals surface area contributed by atoms with Crippen molar-refractivity contribution in [1.82, 2.24) is 0 Å². The zero-order valence-corrected chi connectivity index (χ0v) is 18.9. The summed E-state index contributed by atoms with van der Waals surface area (Å²) >= 11 is 0. The van der Waals surface area contributed by atoms with Crippen LogP contribution in [-0.4, -0.2) is 27.2 Å². The number of anilines is 2. The first-order valence-corrected chi connectivity index (χ1v) is 10.7. The van der Waals surface area contributed by atoms with Gasteiger partial charge in [0, 0.05) is 50.0 Å². The van der Waals surface area contributed by atoms with E-state index in [4.69, 9.17) is 4.42 Å². The minimum Gasteiger partial charge on any atom is -0.422 e. The third-order valence-electron chi connectivity index (χ3n) is 5.53. The zero-order valence-electron chi connectivity index (χ0n) is 18.9. The predicted molar refractivity (Wildman–Crippen MR) is 130 cm³/mol. The molecule has 0 radical (unpaired) electrons. The van der Waals surface area contributed by atoms with E-state index in [-0.39, 0.29) is 11.5 Å². The van der Waals surface area contributed by atoms with Crippen LogP contribution in [0.15, 0.2) is 51.7 Å². The summed E-state index contributed by atoms with van der Waals surface area (Å²) in [4.78, 5) is 17.2. The highest BCUT2D eigenvalue weighted by atomic mass is 16.4. The summed E-state index contributed by atoms with van der Waals surface area (Å²) in [5, 5.41) is 1.00. The molecule has 0 saturated heterocycles. The second kappa shape index (κ2) is 9.21. The molecule has 4 nitrogen and oxygen atoms in total. The van der Waals surface area contributed by atoms with Gasteiger partial charge in [0.05, 0.1) is 5.56 Å². The van der Waals surface area contributed by atoms with Crippen LogP contribution in [0.3, 0.4) is 0 Å². The first-order valence-electron chi connectivity index (χ1n) is 10.7. The van der Waals surface area contributed by atoms with E-state index >= 15 is 0 Å². The summed E-state index contributed by atoms with van der Waals surface area (Å²) in [6, 6.07) is 14.4. The smallest absolute Gasteiger partial charge is 0.343 e. The second-order valence-corrected chi connectivity index (χ2v) is 8.04. The van der Waals surface area contributed by atoms with Crippen LogP contribution in [0.1, 0.15) is 50.3 Å². The number of nitrogens with zero attached hydrogens (tertiary/aromatic N) is 2. The molecule has 3 aromatic rings. The van der Waals surface area contributed by atoms with Crippen LogP contribution in [0.2, 0.25) is 0 Å². The van der Waals surface area contributed by atoms with Crippen LogP contribution < -0.4 is 15.4 Å². The number of hydrogen-bond donors (Lipinski definition) is 0. The van der Waals surface area contributed by atoms with Crippen LogP contribution in [0.5, 0.6) is 0 Å². The Labute approximate surface area is 179 Å². The van der Waals surface area contributed by atoms with Gasteiger partial charge in [0.15, 0.2) is 0 Å².